The van der Waals surface area contributed by atoms with Gasteiger partial charge in [0.2, 0.25) is 0 Å². The first kappa shape index (κ1) is 13.5. The van der Waals surface area contributed by atoms with Crippen LogP contribution in [0.2, 0.25) is 0 Å². The Bertz CT molecular complexity index is 569. The van der Waals surface area contributed by atoms with Crippen LogP contribution in [0, 0.1) is 0 Å². The fourth-order valence-electron chi connectivity index (χ4n) is 2.14. The summed E-state index contributed by atoms with van der Waals surface area (Å²) in [4.78, 5) is 7.10. The Morgan fingerprint density at radius 3 is 2.25 bits per heavy atom. The molecule has 20 heavy (non-hydrogen) atoms. The largest absolute Gasteiger partial charge is 0.305 e. The number of hydrogen-bond donors (Lipinski definition) is 1. The Hall–Kier alpha value is -1.49. The maximum Gasteiger partial charge on any atom is 0.0764 e. The Kier molecular flexibility index (Phi) is 4.58. The Labute approximate surface area is 127 Å². The number of rotatable bonds is 6. The first-order valence-electron chi connectivity index (χ1n) is 6.63. The van der Waals surface area contributed by atoms with Crippen molar-refractivity contribution in [2.45, 2.75) is 12.5 Å². The molecule has 0 unspecified atom stereocenters. The predicted octanol–water partition coefficient (Wildman–Crippen LogP) is 4.13. The van der Waals surface area contributed by atoms with Gasteiger partial charge in [0.05, 0.1) is 6.04 Å². The van der Waals surface area contributed by atoms with Gasteiger partial charge in [0.15, 0.2) is 0 Å². The highest BCUT2D eigenvalue weighted by molar-refractivity contribution is 7.11. The molecular weight excluding hydrogens is 284 g/mol. The Balaban J connectivity index is 1.66. The fourth-order valence-corrected chi connectivity index (χ4v) is 3.85. The predicted molar refractivity (Wildman–Crippen MR) is 86.4 cm³/mol. The van der Waals surface area contributed by atoms with Crippen LogP contribution in [0.3, 0.4) is 0 Å². The van der Waals surface area contributed by atoms with E-state index in [-0.39, 0.29) is 0 Å². The van der Waals surface area contributed by atoms with Crippen LogP contribution in [0.5, 0.6) is 0 Å². The summed E-state index contributed by atoms with van der Waals surface area (Å²) in [6.45, 7) is 0.928. The van der Waals surface area contributed by atoms with Gasteiger partial charge < -0.3 is 5.32 Å². The minimum absolute atomic E-state index is 0.304. The molecule has 0 aliphatic carbocycles. The molecule has 0 fully saturated rings. The van der Waals surface area contributed by atoms with Crippen LogP contribution in [0.15, 0.2) is 59.4 Å². The quantitative estimate of drug-likeness (QED) is 0.740. The van der Waals surface area contributed by atoms with Crippen LogP contribution in [-0.2, 0) is 6.42 Å². The summed E-state index contributed by atoms with van der Waals surface area (Å²) in [6.07, 6.45) is 2.81. The van der Waals surface area contributed by atoms with Gasteiger partial charge in [0.1, 0.15) is 0 Å². The lowest BCUT2D eigenvalue weighted by molar-refractivity contribution is 0.617. The Morgan fingerprint density at radius 2 is 1.70 bits per heavy atom. The first-order chi connectivity index (χ1) is 9.93. The molecule has 3 heterocycles. The first-order valence-corrected chi connectivity index (χ1v) is 8.39. The van der Waals surface area contributed by atoms with Crippen molar-refractivity contribution in [1.82, 2.24) is 10.3 Å². The minimum Gasteiger partial charge on any atom is -0.305 e. The summed E-state index contributed by atoms with van der Waals surface area (Å²) >= 11 is 3.61. The molecule has 0 saturated heterocycles. The lowest BCUT2D eigenvalue weighted by atomic mass is 10.2. The topological polar surface area (TPSA) is 24.9 Å². The number of hydrogen-bond acceptors (Lipinski definition) is 4. The normalized spacial score (nSPS) is 11.1. The SMILES string of the molecule is c1ccc(CCNC(c2cccs2)c2cccs2)nc1. The standard InChI is InChI=1S/C16H16N2S2/c1-2-9-17-13(5-1)8-10-18-16(14-6-3-11-19-14)15-7-4-12-20-15/h1-7,9,11-12,16,18H,8,10H2. The maximum atomic E-state index is 4.37. The van der Waals surface area contributed by atoms with Gasteiger partial charge in [-0.3, -0.25) is 4.98 Å². The molecule has 0 radical (unpaired) electrons. The molecule has 0 spiro atoms. The van der Waals surface area contributed by atoms with E-state index in [0.717, 1.165) is 18.7 Å². The average molecular weight is 300 g/mol. The second-order valence-electron chi connectivity index (χ2n) is 4.49. The van der Waals surface area contributed by atoms with E-state index in [1.54, 1.807) is 22.7 Å². The summed E-state index contributed by atoms with van der Waals surface area (Å²) in [7, 11) is 0. The third-order valence-electron chi connectivity index (χ3n) is 3.11. The van der Waals surface area contributed by atoms with Crippen molar-refractivity contribution in [2.24, 2.45) is 0 Å². The number of pyridine rings is 1. The third kappa shape index (κ3) is 3.33. The molecule has 3 aromatic rings. The maximum absolute atomic E-state index is 4.37. The zero-order valence-corrected chi connectivity index (χ0v) is 12.7. The highest BCUT2D eigenvalue weighted by Crippen LogP contribution is 2.28. The molecule has 0 aromatic carbocycles. The van der Waals surface area contributed by atoms with E-state index in [2.05, 4.69) is 51.4 Å². The third-order valence-corrected chi connectivity index (χ3v) is 4.99. The summed E-state index contributed by atoms with van der Waals surface area (Å²) in [5.41, 5.74) is 1.14. The number of aromatic nitrogens is 1. The van der Waals surface area contributed by atoms with Gasteiger partial charge in [-0.05, 0) is 35.0 Å². The van der Waals surface area contributed by atoms with Crippen LogP contribution in [0.1, 0.15) is 21.5 Å². The van der Waals surface area contributed by atoms with Crippen molar-refractivity contribution in [3.63, 3.8) is 0 Å². The molecular formula is C16H16N2S2. The van der Waals surface area contributed by atoms with Crippen LogP contribution in [0.4, 0.5) is 0 Å². The second kappa shape index (κ2) is 6.79. The molecule has 0 saturated carbocycles. The second-order valence-corrected chi connectivity index (χ2v) is 6.45. The van der Waals surface area contributed by atoms with Gasteiger partial charge >= 0.3 is 0 Å². The molecule has 102 valence electrons. The zero-order chi connectivity index (χ0) is 13.6. The van der Waals surface area contributed by atoms with Gasteiger partial charge in [-0.1, -0.05) is 18.2 Å². The van der Waals surface area contributed by atoms with Crippen molar-refractivity contribution in [3.05, 3.63) is 74.9 Å². The molecule has 0 atom stereocenters. The highest BCUT2D eigenvalue weighted by atomic mass is 32.1. The van der Waals surface area contributed by atoms with Crippen molar-refractivity contribution < 1.29 is 0 Å². The molecule has 4 heteroatoms. The van der Waals surface area contributed by atoms with E-state index in [1.165, 1.54) is 9.75 Å². The van der Waals surface area contributed by atoms with Gasteiger partial charge in [0.25, 0.3) is 0 Å². The van der Waals surface area contributed by atoms with Crippen LogP contribution in [0.25, 0.3) is 0 Å². The monoisotopic (exact) mass is 300 g/mol. The van der Waals surface area contributed by atoms with Gasteiger partial charge in [0, 0.05) is 34.6 Å². The summed E-state index contributed by atoms with van der Waals surface area (Å²) in [5, 5.41) is 7.92. The van der Waals surface area contributed by atoms with E-state index < -0.39 is 0 Å². The number of thiophene rings is 2. The minimum atomic E-state index is 0.304. The average Bonchev–Trinajstić information content (AvgIpc) is 3.18. The van der Waals surface area contributed by atoms with E-state index in [4.69, 9.17) is 0 Å². The van der Waals surface area contributed by atoms with Crippen LogP contribution < -0.4 is 5.32 Å². The molecule has 3 rings (SSSR count). The van der Waals surface area contributed by atoms with Crippen LogP contribution in [-0.4, -0.2) is 11.5 Å². The fraction of sp³-hybridized carbons (Fsp3) is 0.188. The van der Waals surface area contributed by atoms with E-state index >= 15 is 0 Å². The van der Waals surface area contributed by atoms with Crippen LogP contribution >= 0.6 is 22.7 Å². The molecule has 2 nitrogen and oxygen atoms in total. The van der Waals surface area contributed by atoms with E-state index in [1.807, 2.05) is 18.3 Å². The summed E-state index contributed by atoms with van der Waals surface area (Å²) < 4.78 is 0. The van der Waals surface area contributed by atoms with E-state index in [0.29, 0.717) is 6.04 Å². The van der Waals surface area contributed by atoms with Gasteiger partial charge in [-0.25, -0.2) is 0 Å². The molecule has 0 amide bonds. The lowest BCUT2D eigenvalue weighted by Gasteiger charge is -2.16. The van der Waals surface area contributed by atoms with Crippen molar-refractivity contribution >= 4 is 22.7 Å². The lowest BCUT2D eigenvalue weighted by Crippen LogP contribution is -2.23. The molecule has 3 aromatic heterocycles. The highest BCUT2D eigenvalue weighted by Gasteiger charge is 2.15. The number of nitrogens with one attached hydrogen (secondary N) is 1. The summed E-state index contributed by atoms with van der Waals surface area (Å²) in [5.74, 6) is 0. The molecule has 0 bridgehead atoms. The van der Waals surface area contributed by atoms with Gasteiger partial charge in [-0.2, -0.15) is 0 Å². The van der Waals surface area contributed by atoms with Gasteiger partial charge in [-0.15, -0.1) is 22.7 Å². The summed E-state index contributed by atoms with van der Waals surface area (Å²) in [6, 6.07) is 15.0. The van der Waals surface area contributed by atoms with Crippen molar-refractivity contribution in [3.8, 4) is 0 Å². The Morgan fingerprint density at radius 1 is 0.950 bits per heavy atom. The molecule has 0 aliphatic heterocycles. The number of nitrogens with zero attached hydrogens (tertiary/aromatic N) is 1. The molecule has 0 aliphatic rings. The van der Waals surface area contributed by atoms with E-state index in [9.17, 15) is 0 Å². The molecule has 1 N–H and O–H groups in total. The van der Waals surface area contributed by atoms with Crippen molar-refractivity contribution in [1.29, 1.82) is 0 Å². The van der Waals surface area contributed by atoms with Crippen molar-refractivity contribution in [2.75, 3.05) is 6.54 Å². The zero-order valence-electron chi connectivity index (χ0n) is 11.0. The smallest absolute Gasteiger partial charge is 0.0764 e.